The summed E-state index contributed by atoms with van der Waals surface area (Å²) in [5.74, 6) is 0.913. The lowest BCUT2D eigenvalue weighted by molar-refractivity contribution is 0.281. The maximum atomic E-state index is 12.4. The Kier molecular flexibility index (Phi) is 4.82. The lowest BCUT2D eigenvalue weighted by Gasteiger charge is -2.11. The van der Waals surface area contributed by atoms with Gasteiger partial charge in [-0.25, -0.2) is 18.1 Å². The molecule has 8 heteroatoms. The third-order valence-electron chi connectivity index (χ3n) is 2.91. The number of nitrogens with zero attached hydrogens (tertiary/aromatic N) is 1. The van der Waals surface area contributed by atoms with Gasteiger partial charge in [-0.05, 0) is 37.1 Å². The van der Waals surface area contributed by atoms with Gasteiger partial charge in [-0.15, -0.1) is 0 Å². The third kappa shape index (κ3) is 3.70. The molecule has 0 bridgehead atoms. The Morgan fingerprint density at radius 3 is 2.67 bits per heavy atom. The average Bonchev–Trinajstić information content (AvgIpc) is 2.85. The number of aromatic nitrogens is 1. The molecule has 0 radical (unpaired) electrons. The number of hydrogen-bond acceptors (Lipinski definition) is 5. The van der Waals surface area contributed by atoms with E-state index in [1.165, 1.54) is 12.3 Å². The van der Waals surface area contributed by atoms with Crippen molar-refractivity contribution in [1.29, 1.82) is 0 Å². The van der Waals surface area contributed by atoms with E-state index in [1.54, 1.807) is 19.9 Å². The fourth-order valence-electron chi connectivity index (χ4n) is 1.80. The molecular weight excluding hydrogens is 360 g/mol. The van der Waals surface area contributed by atoms with Crippen molar-refractivity contribution in [3.8, 4) is 0 Å². The van der Waals surface area contributed by atoms with E-state index in [2.05, 4.69) is 25.6 Å². The predicted molar refractivity (Wildman–Crippen MR) is 80.1 cm³/mol. The van der Waals surface area contributed by atoms with Gasteiger partial charge in [0.05, 0.1) is 24.2 Å². The van der Waals surface area contributed by atoms with Crippen LogP contribution in [-0.2, 0) is 23.2 Å². The van der Waals surface area contributed by atoms with Crippen LogP contribution in [0.2, 0.25) is 0 Å². The number of aryl methyl sites for hydroxylation is 1. The Morgan fingerprint density at radius 2 is 2.10 bits per heavy atom. The second-order valence-electron chi connectivity index (χ2n) is 4.55. The molecule has 2 aromatic rings. The van der Waals surface area contributed by atoms with E-state index in [1.807, 2.05) is 0 Å². The number of aliphatic hydroxyl groups is 1. The number of halogens is 1. The third-order valence-corrected chi connectivity index (χ3v) is 5.26. The minimum absolute atomic E-state index is 0.0312. The van der Waals surface area contributed by atoms with E-state index in [4.69, 9.17) is 4.42 Å². The van der Waals surface area contributed by atoms with Crippen LogP contribution in [0.25, 0.3) is 0 Å². The smallest absolute Gasteiger partial charge is 0.241 e. The predicted octanol–water partition coefficient (Wildman–Crippen LogP) is 2.02. The fraction of sp³-hybridized carbons (Fsp3) is 0.308. The van der Waals surface area contributed by atoms with E-state index in [-0.39, 0.29) is 18.0 Å². The number of oxazole rings is 1. The molecule has 0 aliphatic rings. The molecule has 1 heterocycles. The largest absolute Gasteiger partial charge is 0.445 e. The van der Waals surface area contributed by atoms with Gasteiger partial charge in [-0.3, -0.25) is 0 Å². The summed E-state index contributed by atoms with van der Waals surface area (Å²) in [6.07, 6.45) is 1.53. The molecule has 1 aromatic carbocycles. The summed E-state index contributed by atoms with van der Waals surface area (Å²) in [5.41, 5.74) is 1.09. The number of sulfonamides is 1. The highest BCUT2D eigenvalue weighted by Crippen LogP contribution is 2.26. The van der Waals surface area contributed by atoms with Crippen LogP contribution in [0.1, 0.15) is 22.8 Å². The SMILES string of the molecule is Cc1cnc(CNS(=O)(=O)c2cc(CO)cc(Br)c2C)o1. The first-order chi connectivity index (χ1) is 9.83. The summed E-state index contributed by atoms with van der Waals surface area (Å²) in [6, 6.07) is 3.13. The molecule has 2 N–H and O–H groups in total. The van der Waals surface area contributed by atoms with Crippen LogP contribution >= 0.6 is 15.9 Å². The summed E-state index contributed by atoms with van der Waals surface area (Å²) in [4.78, 5) is 4.06. The van der Waals surface area contributed by atoms with Gasteiger partial charge in [-0.1, -0.05) is 15.9 Å². The van der Waals surface area contributed by atoms with Gasteiger partial charge >= 0.3 is 0 Å². The Hall–Kier alpha value is -1.22. The van der Waals surface area contributed by atoms with E-state index < -0.39 is 10.0 Å². The number of benzene rings is 1. The molecule has 0 aliphatic carbocycles. The molecule has 21 heavy (non-hydrogen) atoms. The quantitative estimate of drug-likeness (QED) is 0.834. The standard InChI is InChI=1S/C13H15BrN2O4S/c1-8-5-15-13(20-8)6-16-21(18,19)12-4-10(7-17)3-11(14)9(12)2/h3-5,16-17H,6-7H2,1-2H3. The van der Waals surface area contributed by atoms with Crippen molar-refractivity contribution in [3.63, 3.8) is 0 Å². The number of aliphatic hydroxyl groups excluding tert-OH is 1. The van der Waals surface area contributed by atoms with Crippen LogP contribution in [0, 0.1) is 13.8 Å². The van der Waals surface area contributed by atoms with Crippen LogP contribution in [0.4, 0.5) is 0 Å². The lowest BCUT2D eigenvalue weighted by Crippen LogP contribution is -2.24. The first-order valence-electron chi connectivity index (χ1n) is 6.14. The molecule has 114 valence electrons. The zero-order chi connectivity index (χ0) is 15.6. The van der Waals surface area contributed by atoms with Crippen LogP contribution < -0.4 is 4.72 Å². The highest BCUT2D eigenvalue weighted by molar-refractivity contribution is 9.10. The van der Waals surface area contributed by atoms with Gasteiger partial charge in [0.25, 0.3) is 0 Å². The van der Waals surface area contributed by atoms with E-state index in [0.29, 0.717) is 27.3 Å². The van der Waals surface area contributed by atoms with Crippen molar-refractivity contribution < 1.29 is 17.9 Å². The Balaban J connectivity index is 2.29. The lowest BCUT2D eigenvalue weighted by atomic mass is 10.2. The van der Waals surface area contributed by atoms with Gasteiger partial charge in [0.15, 0.2) is 0 Å². The molecule has 0 unspecified atom stereocenters. The Morgan fingerprint density at radius 1 is 1.38 bits per heavy atom. The highest BCUT2D eigenvalue weighted by atomic mass is 79.9. The Labute approximate surface area is 131 Å². The zero-order valence-electron chi connectivity index (χ0n) is 11.6. The van der Waals surface area contributed by atoms with Crippen molar-refractivity contribution in [1.82, 2.24) is 9.71 Å². The van der Waals surface area contributed by atoms with E-state index >= 15 is 0 Å². The van der Waals surface area contributed by atoms with E-state index in [9.17, 15) is 13.5 Å². The van der Waals surface area contributed by atoms with Crippen LogP contribution in [-0.4, -0.2) is 18.5 Å². The molecule has 0 spiro atoms. The highest BCUT2D eigenvalue weighted by Gasteiger charge is 2.20. The van der Waals surface area contributed by atoms with Crippen molar-refractivity contribution in [2.45, 2.75) is 31.9 Å². The van der Waals surface area contributed by atoms with E-state index in [0.717, 1.165) is 0 Å². The fourth-order valence-corrected chi connectivity index (χ4v) is 3.72. The molecule has 2 rings (SSSR count). The molecule has 0 aliphatic heterocycles. The van der Waals surface area contributed by atoms with Gasteiger partial charge in [0.2, 0.25) is 15.9 Å². The second kappa shape index (κ2) is 6.27. The monoisotopic (exact) mass is 374 g/mol. The Bertz CT molecular complexity index is 756. The van der Waals surface area contributed by atoms with Crippen molar-refractivity contribution >= 4 is 26.0 Å². The zero-order valence-corrected chi connectivity index (χ0v) is 14.0. The maximum Gasteiger partial charge on any atom is 0.241 e. The second-order valence-corrected chi connectivity index (χ2v) is 7.14. The minimum atomic E-state index is -3.73. The molecule has 0 saturated carbocycles. The maximum absolute atomic E-state index is 12.4. The van der Waals surface area contributed by atoms with Crippen LogP contribution in [0.5, 0.6) is 0 Å². The first-order valence-corrected chi connectivity index (χ1v) is 8.42. The molecule has 0 fully saturated rings. The number of rotatable bonds is 5. The minimum Gasteiger partial charge on any atom is -0.445 e. The first kappa shape index (κ1) is 16.2. The molecule has 0 saturated heterocycles. The van der Waals surface area contributed by atoms with Crippen molar-refractivity contribution in [2.24, 2.45) is 0 Å². The summed E-state index contributed by atoms with van der Waals surface area (Å²) >= 11 is 3.30. The van der Waals surface area contributed by atoms with Crippen LogP contribution in [0.3, 0.4) is 0 Å². The molecular formula is C13H15BrN2O4S. The molecule has 0 amide bonds. The van der Waals surface area contributed by atoms with Gasteiger partial charge in [-0.2, -0.15) is 0 Å². The molecule has 0 atom stereocenters. The van der Waals surface area contributed by atoms with Gasteiger partial charge < -0.3 is 9.52 Å². The number of hydrogen-bond donors (Lipinski definition) is 2. The van der Waals surface area contributed by atoms with Crippen molar-refractivity contribution in [3.05, 3.63) is 45.6 Å². The van der Waals surface area contributed by atoms with Gasteiger partial charge in [0, 0.05) is 4.47 Å². The summed E-state index contributed by atoms with van der Waals surface area (Å²) in [5, 5.41) is 9.19. The normalized spacial score (nSPS) is 11.8. The summed E-state index contributed by atoms with van der Waals surface area (Å²) in [7, 11) is -3.73. The average molecular weight is 375 g/mol. The van der Waals surface area contributed by atoms with Gasteiger partial charge in [0.1, 0.15) is 5.76 Å². The van der Waals surface area contributed by atoms with Crippen LogP contribution in [0.15, 0.2) is 32.1 Å². The number of nitrogens with one attached hydrogen (secondary N) is 1. The summed E-state index contributed by atoms with van der Waals surface area (Å²) < 4.78 is 33.0. The molecule has 1 aromatic heterocycles. The molecule has 6 nitrogen and oxygen atoms in total. The van der Waals surface area contributed by atoms with Crippen molar-refractivity contribution in [2.75, 3.05) is 0 Å². The summed E-state index contributed by atoms with van der Waals surface area (Å²) in [6.45, 7) is 3.16. The topological polar surface area (TPSA) is 92.4 Å².